The van der Waals surface area contributed by atoms with Gasteiger partial charge in [0.15, 0.2) is 0 Å². The van der Waals surface area contributed by atoms with Gasteiger partial charge in [0.05, 0.1) is 0 Å². The predicted octanol–water partition coefficient (Wildman–Crippen LogP) is 2.30. The molecule has 2 rings (SSSR count). The van der Waals surface area contributed by atoms with Gasteiger partial charge in [0.2, 0.25) is 0 Å². The molecule has 0 aliphatic carbocycles. The van der Waals surface area contributed by atoms with Crippen molar-refractivity contribution in [1.82, 2.24) is 4.98 Å². The molecule has 2 heterocycles. The third-order valence-electron chi connectivity index (χ3n) is 1.81. The first kappa shape index (κ1) is 8.19. The van der Waals surface area contributed by atoms with Gasteiger partial charge in [-0.2, -0.15) is 0 Å². The first-order chi connectivity index (χ1) is 6.18. The van der Waals surface area contributed by atoms with Crippen LogP contribution in [-0.2, 0) is 0 Å². The fourth-order valence-corrected chi connectivity index (χ4v) is 2.14. The number of fused-ring (bicyclic) bond motifs is 1. The molecule has 2 aromatic heterocycles. The van der Waals surface area contributed by atoms with E-state index in [2.05, 4.69) is 4.98 Å². The van der Waals surface area contributed by atoms with E-state index in [9.17, 15) is 4.79 Å². The van der Waals surface area contributed by atoms with Crippen LogP contribution in [0.2, 0.25) is 0 Å². The molecule has 0 aromatic carbocycles. The number of thiophene rings is 1. The number of pyridine rings is 1. The van der Waals surface area contributed by atoms with Gasteiger partial charge in [-0.3, -0.25) is 4.98 Å². The predicted molar refractivity (Wildman–Crippen MR) is 51.3 cm³/mol. The van der Waals surface area contributed by atoms with Crippen molar-refractivity contribution in [3.8, 4) is 0 Å². The summed E-state index contributed by atoms with van der Waals surface area (Å²) < 4.78 is 1.01. The number of aryl methyl sites for hydroxylation is 1. The van der Waals surface area contributed by atoms with Crippen molar-refractivity contribution >= 4 is 27.4 Å². The number of hydrogen-bond acceptors (Lipinski definition) is 3. The minimum absolute atomic E-state index is 0.367. The Balaban J connectivity index is 2.75. The van der Waals surface area contributed by atoms with Crippen LogP contribution in [0.5, 0.6) is 0 Å². The molecule has 0 atom stereocenters. The van der Waals surface area contributed by atoms with E-state index in [0.717, 1.165) is 15.6 Å². The third kappa shape index (κ3) is 1.29. The second-order valence-corrected chi connectivity index (χ2v) is 3.84. The summed E-state index contributed by atoms with van der Waals surface area (Å²) in [6, 6.07) is 1.66. The molecule has 66 valence electrons. The lowest BCUT2D eigenvalue weighted by Crippen LogP contribution is -1.89. The molecule has 0 fully saturated rings. The molecule has 13 heavy (non-hydrogen) atoms. The summed E-state index contributed by atoms with van der Waals surface area (Å²) in [5, 5.41) is 9.67. The molecular formula is C9H7NO2S. The zero-order valence-electron chi connectivity index (χ0n) is 6.94. The molecule has 0 bridgehead atoms. The molecule has 0 saturated heterocycles. The van der Waals surface area contributed by atoms with E-state index in [1.807, 2.05) is 6.92 Å². The third-order valence-corrected chi connectivity index (χ3v) is 3.09. The minimum Gasteiger partial charge on any atom is -0.477 e. The van der Waals surface area contributed by atoms with E-state index >= 15 is 0 Å². The number of hydrogen-bond donors (Lipinski definition) is 1. The standard InChI is InChI=1S/C9H7NO2S/c1-5-3-10-4-6-2-7(9(11)12)13-8(5)6/h2-4H,1H3,(H,11,12). The van der Waals surface area contributed by atoms with Crippen LogP contribution in [0.1, 0.15) is 15.2 Å². The lowest BCUT2D eigenvalue weighted by Gasteiger charge is -1.90. The number of carboxylic acid groups (broad SMARTS) is 1. The summed E-state index contributed by atoms with van der Waals surface area (Å²) in [6.07, 6.45) is 3.43. The maximum atomic E-state index is 10.7. The Kier molecular flexibility index (Phi) is 1.77. The van der Waals surface area contributed by atoms with Gasteiger partial charge in [-0.15, -0.1) is 11.3 Å². The lowest BCUT2D eigenvalue weighted by molar-refractivity contribution is 0.0702. The molecule has 4 heteroatoms. The van der Waals surface area contributed by atoms with Crippen LogP contribution in [0.25, 0.3) is 10.1 Å². The maximum absolute atomic E-state index is 10.7. The van der Waals surface area contributed by atoms with Gasteiger partial charge in [0.1, 0.15) is 4.88 Å². The summed E-state index contributed by atoms with van der Waals surface area (Å²) in [6.45, 7) is 1.93. The van der Waals surface area contributed by atoms with Crippen molar-refractivity contribution in [1.29, 1.82) is 0 Å². The van der Waals surface area contributed by atoms with Gasteiger partial charge >= 0.3 is 5.97 Å². The van der Waals surface area contributed by atoms with Crippen LogP contribution in [0, 0.1) is 6.92 Å². The van der Waals surface area contributed by atoms with Gasteiger partial charge in [-0.1, -0.05) is 0 Å². The van der Waals surface area contributed by atoms with Crippen molar-refractivity contribution in [2.24, 2.45) is 0 Å². The second kappa shape index (κ2) is 2.81. The van der Waals surface area contributed by atoms with E-state index < -0.39 is 5.97 Å². The van der Waals surface area contributed by atoms with Gasteiger partial charge in [0.25, 0.3) is 0 Å². The smallest absolute Gasteiger partial charge is 0.345 e. The van der Waals surface area contributed by atoms with E-state index in [-0.39, 0.29) is 0 Å². The molecule has 1 N–H and O–H groups in total. The average molecular weight is 193 g/mol. The van der Waals surface area contributed by atoms with Crippen molar-refractivity contribution < 1.29 is 9.90 Å². The first-order valence-corrected chi connectivity index (χ1v) is 4.57. The van der Waals surface area contributed by atoms with Gasteiger partial charge in [-0.05, 0) is 18.6 Å². The van der Waals surface area contributed by atoms with E-state index in [1.54, 1.807) is 18.5 Å². The Hall–Kier alpha value is -1.42. The Morgan fingerprint density at radius 3 is 2.92 bits per heavy atom. The maximum Gasteiger partial charge on any atom is 0.345 e. The van der Waals surface area contributed by atoms with Crippen LogP contribution in [0.3, 0.4) is 0 Å². The van der Waals surface area contributed by atoms with E-state index in [0.29, 0.717) is 4.88 Å². The molecule has 0 aliphatic rings. The van der Waals surface area contributed by atoms with Gasteiger partial charge in [0, 0.05) is 22.5 Å². The Labute approximate surface area is 78.7 Å². The first-order valence-electron chi connectivity index (χ1n) is 3.76. The largest absolute Gasteiger partial charge is 0.477 e. The van der Waals surface area contributed by atoms with Crippen LogP contribution in [0.15, 0.2) is 18.5 Å². The Morgan fingerprint density at radius 2 is 2.31 bits per heavy atom. The summed E-state index contributed by atoms with van der Waals surface area (Å²) in [7, 11) is 0. The fourth-order valence-electron chi connectivity index (χ4n) is 1.20. The Morgan fingerprint density at radius 1 is 1.54 bits per heavy atom. The molecule has 0 radical (unpaired) electrons. The minimum atomic E-state index is -0.874. The highest BCUT2D eigenvalue weighted by molar-refractivity contribution is 7.20. The quantitative estimate of drug-likeness (QED) is 0.756. The van der Waals surface area contributed by atoms with Crippen molar-refractivity contribution in [2.45, 2.75) is 6.92 Å². The van der Waals surface area contributed by atoms with Crippen LogP contribution in [-0.4, -0.2) is 16.1 Å². The van der Waals surface area contributed by atoms with Gasteiger partial charge < -0.3 is 5.11 Å². The topological polar surface area (TPSA) is 50.2 Å². The highest BCUT2D eigenvalue weighted by Gasteiger charge is 2.09. The van der Waals surface area contributed by atoms with Crippen LogP contribution < -0.4 is 0 Å². The normalized spacial score (nSPS) is 10.5. The summed E-state index contributed by atoms with van der Waals surface area (Å²) >= 11 is 1.29. The molecule has 0 amide bonds. The lowest BCUT2D eigenvalue weighted by atomic mass is 10.2. The zero-order chi connectivity index (χ0) is 9.42. The number of rotatable bonds is 1. The number of aromatic nitrogens is 1. The number of aromatic carboxylic acids is 1. The molecule has 2 aromatic rings. The van der Waals surface area contributed by atoms with Crippen LogP contribution >= 0.6 is 11.3 Å². The van der Waals surface area contributed by atoms with Crippen molar-refractivity contribution in [3.63, 3.8) is 0 Å². The monoisotopic (exact) mass is 193 g/mol. The Bertz CT molecular complexity index is 475. The number of nitrogens with zero attached hydrogens (tertiary/aromatic N) is 1. The molecular weight excluding hydrogens is 186 g/mol. The molecule has 0 aliphatic heterocycles. The number of carbonyl (C=O) groups is 1. The summed E-state index contributed by atoms with van der Waals surface area (Å²) in [5.74, 6) is -0.874. The molecule has 0 spiro atoms. The zero-order valence-corrected chi connectivity index (χ0v) is 7.76. The van der Waals surface area contributed by atoms with E-state index in [1.165, 1.54) is 11.3 Å². The van der Waals surface area contributed by atoms with Gasteiger partial charge in [-0.25, -0.2) is 4.79 Å². The highest BCUT2D eigenvalue weighted by atomic mass is 32.1. The van der Waals surface area contributed by atoms with Crippen LogP contribution in [0.4, 0.5) is 0 Å². The summed E-state index contributed by atoms with van der Waals surface area (Å²) in [5.41, 5.74) is 1.02. The highest BCUT2D eigenvalue weighted by Crippen LogP contribution is 2.27. The number of carboxylic acids is 1. The SMILES string of the molecule is Cc1cncc2cc(C(=O)O)sc12. The molecule has 3 nitrogen and oxygen atoms in total. The van der Waals surface area contributed by atoms with E-state index in [4.69, 9.17) is 5.11 Å². The molecule has 0 saturated carbocycles. The second-order valence-electron chi connectivity index (χ2n) is 2.79. The molecule has 0 unspecified atom stereocenters. The fraction of sp³-hybridized carbons (Fsp3) is 0.111. The van der Waals surface area contributed by atoms with Crippen molar-refractivity contribution in [3.05, 3.63) is 28.9 Å². The average Bonchev–Trinajstić information content (AvgIpc) is 2.49. The summed E-state index contributed by atoms with van der Waals surface area (Å²) in [4.78, 5) is 15.0. The van der Waals surface area contributed by atoms with Crippen molar-refractivity contribution in [2.75, 3.05) is 0 Å².